The lowest BCUT2D eigenvalue weighted by atomic mass is 9.66. The van der Waals surface area contributed by atoms with Crippen LogP contribution in [0.15, 0.2) is 138 Å². The summed E-state index contributed by atoms with van der Waals surface area (Å²) in [5, 5.41) is 3.57. The number of benzene rings is 6. The van der Waals surface area contributed by atoms with E-state index in [4.69, 9.17) is 9.72 Å². The quantitative estimate of drug-likeness (QED) is 0.178. The molecule has 1 aliphatic carbocycles. The smallest absolute Gasteiger partial charge is 0.132 e. The zero-order valence-corrected chi connectivity index (χ0v) is 23.5. The van der Waals surface area contributed by atoms with Crippen molar-refractivity contribution in [1.29, 1.82) is 0 Å². The van der Waals surface area contributed by atoms with E-state index < -0.39 is 5.41 Å². The minimum Gasteiger partial charge on any atom is -0.457 e. The highest BCUT2D eigenvalue weighted by molar-refractivity contribution is 9.10. The van der Waals surface area contributed by atoms with Crippen LogP contribution in [0, 0.1) is 0 Å². The zero-order valence-electron chi connectivity index (χ0n) is 21.9. The second-order valence-corrected chi connectivity index (χ2v) is 11.7. The number of halogens is 1. The fraction of sp³-hybridized carbons (Fsp3) is 0.0263. The van der Waals surface area contributed by atoms with Crippen LogP contribution >= 0.6 is 15.9 Å². The highest BCUT2D eigenvalue weighted by Gasteiger charge is 2.51. The van der Waals surface area contributed by atoms with Crippen LogP contribution in [-0.4, -0.2) is 4.98 Å². The monoisotopic (exact) mass is 587 g/mol. The maximum absolute atomic E-state index is 6.53. The van der Waals surface area contributed by atoms with E-state index in [1.807, 2.05) is 0 Å². The van der Waals surface area contributed by atoms with Crippen LogP contribution in [0.1, 0.15) is 22.3 Å². The summed E-state index contributed by atoms with van der Waals surface area (Å²) >= 11 is 3.63. The summed E-state index contributed by atoms with van der Waals surface area (Å²) in [4.78, 5) is 5.34. The van der Waals surface area contributed by atoms with Crippen LogP contribution in [0.2, 0.25) is 0 Å². The topological polar surface area (TPSA) is 22.1 Å². The van der Waals surface area contributed by atoms with Crippen molar-refractivity contribution in [2.24, 2.45) is 0 Å². The SMILES string of the molecule is Brc1ccc(-c2nc3ccccc3c3ccc4c(c23)-c2ccccc2C42c3ccccc3Oc3ccccc32)cc1. The van der Waals surface area contributed by atoms with Gasteiger partial charge >= 0.3 is 0 Å². The number of pyridine rings is 1. The molecule has 0 saturated heterocycles. The molecule has 2 heterocycles. The Bertz CT molecular complexity index is 2150. The lowest BCUT2D eigenvalue weighted by Gasteiger charge is -2.39. The highest BCUT2D eigenvalue weighted by Crippen LogP contribution is 2.63. The summed E-state index contributed by atoms with van der Waals surface area (Å²) in [6, 6.07) is 47.6. The molecule has 0 radical (unpaired) electrons. The molecule has 1 spiro atoms. The number of para-hydroxylation sites is 3. The van der Waals surface area contributed by atoms with Crippen molar-refractivity contribution in [1.82, 2.24) is 4.98 Å². The minimum atomic E-state index is -0.506. The predicted molar refractivity (Wildman–Crippen MR) is 170 cm³/mol. The number of hydrogen-bond donors (Lipinski definition) is 0. The Morgan fingerprint density at radius 3 is 1.93 bits per heavy atom. The molecule has 0 unspecified atom stereocenters. The van der Waals surface area contributed by atoms with Gasteiger partial charge in [-0.15, -0.1) is 0 Å². The van der Waals surface area contributed by atoms with Crippen LogP contribution in [0.3, 0.4) is 0 Å². The fourth-order valence-electron chi connectivity index (χ4n) is 7.21. The second-order valence-electron chi connectivity index (χ2n) is 10.8. The predicted octanol–water partition coefficient (Wildman–Crippen LogP) is 10.3. The first-order chi connectivity index (χ1) is 20.2. The van der Waals surface area contributed by atoms with E-state index in [0.717, 1.165) is 38.1 Å². The zero-order chi connectivity index (χ0) is 27.1. The summed E-state index contributed by atoms with van der Waals surface area (Å²) in [6.45, 7) is 0. The van der Waals surface area contributed by atoms with Crippen molar-refractivity contribution >= 4 is 37.6 Å². The van der Waals surface area contributed by atoms with E-state index in [1.54, 1.807) is 0 Å². The van der Waals surface area contributed by atoms with E-state index in [2.05, 4.69) is 149 Å². The van der Waals surface area contributed by atoms with Gasteiger partial charge in [0, 0.05) is 31.9 Å². The number of aromatic nitrogens is 1. The molecule has 0 N–H and O–H groups in total. The number of rotatable bonds is 1. The minimum absolute atomic E-state index is 0.506. The van der Waals surface area contributed by atoms with Gasteiger partial charge in [0.25, 0.3) is 0 Å². The van der Waals surface area contributed by atoms with Crippen molar-refractivity contribution in [3.05, 3.63) is 160 Å². The van der Waals surface area contributed by atoms with Crippen molar-refractivity contribution < 1.29 is 4.74 Å². The maximum atomic E-state index is 6.53. The average Bonchev–Trinajstić information content (AvgIpc) is 3.32. The average molecular weight is 589 g/mol. The fourth-order valence-corrected chi connectivity index (χ4v) is 7.47. The molecule has 0 bridgehead atoms. The van der Waals surface area contributed by atoms with E-state index >= 15 is 0 Å². The van der Waals surface area contributed by atoms with Gasteiger partial charge in [0.05, 0.1) is 16.6 Å². The van der Waals surface area contributed by atoms with Gasteiger partial charge in [0.15, 0.2) is 0 Å². The van der Waals surface area contributed by atoms with E-state index in [0.29, 0.717) is 0 Å². The van der Waals surface area contributed by atoms with Crippen LogP contribution in [0.4, 0.5) is 0 Å². The molecule has 1 aromatic heterocycles. The lowest BCUT2D eigenvalue weighted by Crippen LogP contribution is -2.32. The number of nitrogens with zero attached hydrogens (tertiary/aromatic N) is 1. The Kier molecular flexibility index (Phi) is 4.71. The van der Waals surface area contributed by atoms with E-state index in [1.165, 1.54) is 44.2 Å². The standard InChI is InChI=1S/C38H22BrNO/c39-24-19-17-23(18-20-24)37-36-26(25-9-2-6-14-32(25)40-37)21-22-31-35(36)27-10-1-3-11-28(27)38(31)29-12-4-7-15-33(29)41-34-16-8-5-13-30(34)38/h1-22H. The summed E-state index contributed by atoms with van der Waals surface area (Å²) in [5.74, 6) is 1.80. The Balaban J connectivity index is 1.52. The van der Waals surface area contributed by atoms with Crippen LogP contribution < -0.4 is 4.74 Å². The van der Waals surface area contributed by atoms with Gasteiger partial charge in [-0.25, -0.2) is 4.98 Å². The van der Waals surface area contributed by atoms with Crippen molar-refractivity contribution in [3.8, 4) is 33.9 Å². The molecule has 6 aromatic carbocycles. The molecule has 0 fully saturated rings. The van der Waals surface area contributed by atoms with Crippen LogP contribution in [0.5, 0.6) is 11.5 Å². The summed E-state index contributed by atoms with van der Waals surface area (Å²) in [6.07, 6.45) is 0. The molecular weight excluding hydrogens is 566 g/mol. The first-order valence-electron chi connectivity index (χ1n) is 13.8. The number of hydrogen-bond acceptors (Lipinski definition) is 2. The van der Waals surface area contributed by atoms with Gasteiger partial charge in [-0.05, 0) is 58.0 Å². The van der Waals surface area contributed by atoms with Crippen molar-refractivity contribution in [2.75, 3.05) is 0 Å². The molecule has 1 aliphatic heterocycles. The molecule has 3 heteroatoms. The second kappa shape index (κ2) is 8.39. The van der Waals surface area contributed by atoms with Crippen LogP contribution in [0.25, 0.3) is 44.1 Å². The number of ether oxygens (including phenoxy) is 1. The molecule has 0 saturated carbocycles. The van der Waals surface area contributed by atoms with Gasteiger partial charge in [0.1, 0.15) is 11.5 Å². The molecule has 2 nitrogen and oxygen atoms in total. The van der Waals surface area contributed by atoms with Gasteiger partial charge < -0.3 is 4.74 Å². The Hall–Kier alpha value is -4.73. The maximum Gasteiger partial charge on any atom is 0.132 e. The molecule has 41 heavy (non-hydrogen) atoms. The first-order valence-corrected chi connectivity index (χ1v) is 14.6. The first kappa shape index (κ1) is 23.0. The Morgan fingerprint density at radius 1 is 0.537 bits per heavy atom. The van der Waals surface area contributed by atoms with Gasteiger partial charge in [0.2, 0.25) is 0 Å². The van der Waals surface area contributed by atoms with Crippen molar-refractivity contribution in [3.63, 3.8) is 0 Å². The Labute approximate surface area is 246 Å². The van der Waals surface area contributed by atoms with E-state index in [-0.39, 0.29) is 0 Å². The number of fused-ring (bicyclic) bond motifs is 13. The van der Waals surface area contributed by atoms with Gasteiger partial charge in [-0.1, -0.05) is 119 Å². The van der Waals surface area contributed by atoms with Crippen molar-refractivity contribution in [2.45, 2.75) is 5.41 Å². The lowest BCUT2D eigenvalue weighted by molar-refractivity contribution is 0.436. The third-order valence-electron chi connectivity index (χ3n) is 8.79. The molecule has 9 rings (SSSR count). The molecule has 2 aliphatic rings. The van der Waals surface area contributed by atoms with Gasteiger partial charge in [-0.2, -0.15) is 0 Å². The summed E-state index contributed by atoms with van der Waals surface area (Å²) in [7, 11) is 0. The molecule has 7 aromatic rings. The normalized spacial score (nSPS) is 13.9. The van der Waals surface area contributed by atoms with Gasteiger partial charge in [-0.3, -0.25) is 0 Å². The summed E-state index contributed by atoms with van der Waals surface area (Å²) < 4.78 is 7.58. The summed E-state index contributed by atoms with van der Waals surface area (Å²) in [5.41, 5.74) is 9.98. The van der Waals surface area contributed by atoms with E-state index in [9.17, 15) is 0 Å². The Morgan fingerprint density at radius 2 is 1.17 bits per heavy atom. The third-order valence-corrected chi connectivity index (χ3v) is 9.32. The highest BCUT2D eigenvalue weighted by atomic mass is 79.9. The largest absolute Gasteiger partial charge is 0.457 e. The molecule has 0 amide bonds. The molecule has 192 valence electrons. The third kappa shape index (κ3) is 2.99. The molecule has 0 atom stereocenters. The molecular formula is C38H22BrNO. The van der Waals surface area contributed by atoms with Crippen LogP contribution in [-0.2, 0) is 5.41 Å².